The fourth-order valence-electron chi connectivity index (χ4n) is 4.94. The lowest BCUT2D eigenvalue weighted by Crippen LogP contribution is -2.42. The van der Waals surface area contributed by atoms with Gasteiger partial charge < -0.3 is 10.2 Å². The van der Waals surface area contributed by atoms with Crippen LogP contribution in [0, 0.1) is 5.82 Å². The highest BCUT2D eigenvalue weighted by Crippen LogP contribution is 2.35. The number of benzene rings is 3. The topological polar surface area (TPSA) is 75.9 Å². The van der Waals surface area contributed by atoms with Crippen LogP contribution < -0.4 is 10.2 Å². The molecule has 6 rings (SSSR count). The molecule has 0 radical (unpaired) electrons. The van der Waals surface area contributed by atoms with E-state index in [4.69, 9.17) is 0 Å². The van der Waals surface area contributed by atoms with Crippen LogP contribution in [0.15, 0.2) is 85.2 Å². The van der Waals surface area contributed by atoms with Gasteiger partial charge in [-0.15, -0.1) is 5.10 Å². The molecule has 3 heterocycles. The zero-order chi connectivity index (χ0) is 27.9. The van der Waals surface area contributed by atoms with Gasteiger partial charge in [0.05, 0.1) is 17.4 Å². The van der Waals surface area contributed by atoms with Crippen LogP contribution in [0.3, 0.4) is 0 Å². The van der Waals surface area contributed by atoms with E-state index in [-0.39, 0.29) is 24.1 Å². The number of fused-ring (bicyclic) bond motifs is 2. The Morgan fingerprint density at radius 1 is 0.975 bits per heavy atom. The maximum atomic E-state index is 14.5. The molecule has 11 heteroatoms. The molecule has 1 aliphatic rings. The van der Waals surface area contributed by atoms with Crippen molar-refractivity contribution in [3.05, 3.63) is 96.6 Å². The average Bonchev–Trinajstić information content (AvgIpc) is 3.37. The number of aromatic nitrogens is 4. The number of amides is 1. The molecule has 0 saturated heterocycles. The molecule has 0 spiro atoms. The first kappa shape index (κ1) is 25.5. The lowest BCUT2D eigenvalue weighted by atomic mass is 10.1. The molecule has 1 unspecified atom stereocenters. The van der Waals surface area contributed by atoms with E-state index in [1.54, 1.807) is 6.20 Å². The highest BCUT2D eigenvalue weighted by Gasteiger charge is 2.40. The Balaban J connectivity index is 1.23. The number of halogens is 4. The largest absolute Gasteiger partial charge is 0.406 e. The standard InChI is InChI=1S/C29H22F4N6O/c30-23-4-1-5-26-22(23)11-13-27(28(40)38(26)17-29(31,32)33)39-16-25(36-37-39)18-6-8-20(9-7-18)35-21-10-12-24-19(15-21)3-2-14-34-24/h1-10,12,14-16,27,35H,11,13,17H2. The first-order chi connectivity index (χ1) is 19.2. The second-order valence-corrected chi connectivity index (χ2v) is 9.53. The molecule has 40 heavy (non-hydrogen) atoms. The van der Waals surface area contributed by atoms with Crippen LogP contribution in [0.4, 0.5) is 34.6 Å². The minimum absolute atomic E-state index is 0.0732. The molecule has 202 valence electrons. The number of carbonyl (C=O) groups excluding carboxylic acids is 1. The number of carbonyl (C=O) groups is 1. The molecule has 2 aromatic heterocycles. The zero-order valence-corrected chi connectivity index (χ0v) is 20.9. The average molecular weight is 547 g/mol. The number of nitrogens with zero attached hydrogens (tertiary/aromatic N) is 5. The summed E-state index contributed by atoms with van der Waals surface area (Å²) in [5.41, 5.74) is 3.79. The molecule has 5 aromatic rings. The van der Waals surface area contributed by atoms with Gasteiger partial charge in [-0.05, 0) is 61.4 Å². The van der Waals surface area contributed by atoms with Gasteiger partial charge in [-0.25, -0.2) is 9.07 Å². The van der Waals surface area contributed by atoms with Crippen LogP contribution in [0.5, 0.6) is 0 Å². The molecule has 1 aliphatic heterocycles. The van der Waals surface area contributed by atoms with Gasteiger partial charge in [-0.1, -0.05) is 29.5 Å². The summed E-state index contributed by atoms with van der Waals surface area (Å²) < 4.78 is 56.0. The maximum Gasteiger partial charge on any atom is 0.406 e. The second-order valence-electron chi connectivity index (χ2n) is 9.53. The van der Waals surface area contributed by atoms with Crippen LogP contribution in [-0.2, 0) is 11.2 Å². The highest BCUT2D eigenvalue weighted by molar-refractivity contribution is 5.97. The van der Waals surface area contributed by atoms with E-state index >= 15 is 0 Å². The van der Waals surface area contributed by atoms with E-state index < -0.39 is 30.5 Å². The van der Waals surface area contributed by atoms with Gasteiger partial charge in [0, 0.05) is 34.1 Å². The predicted octanol–water partition coefficient (Wildman–Crippen LogP) is 6.46. The third kappa shape index (κ3) is 5.09. The van der Waals surface area contributed by atoms with E-state index in [9.17, 15) is 22.4 Å². The summed E-state index contributed by atoms with van der Waals surface area (Å²) in [6.45, 7) is -1.53. The normalized spacial score (nSPS) is 15.7. The molecular formula is C29H22F4N6O. The van der Waals surface area contributed by atoms with Crippen LogP contribution in [0.1, 0.15) is 18.0 Å². The van der Waals surface area contributed by atoms with Crippen molar-refractivity contribution in [2.45, 2.75) is 25.1 Å². The molecule has 7 nitrogen and oxygen atoms in total. The van der Waals surface area contributed by atoms with E-state index in [1.807, 2.05) is 54.6 Å². The van der Waals surface area contributed by atoms with Crippen LogP contribution in [-0.4, -0.2) is 38.6 Å². The Hall–Kier alpha value is -4.80. The Labute approximate surface area is 226 Å². The summed E-state index contributed by atoms with van der Waals surface area (Å²) in [6.07, 6.45) is -1.24. The third-order valence-corrected chi connectivity index (χ3v) is 6.84. The Morgan fingerprint density at radius 2 is 1.77 bits per heavy atom. The molecule has 3 aromatic carbocycles. The summed E-state index contributed by atoms with van der Waals surface area (Å²) in [5.74, 6) is -1.46. The Kier molecular flexibility index (Phi) is 6.41. The Morgan fingerprint density at radius 3 is 2.58 bits per heavy atom. The molecule has 0 bridgehead atoms. The van der Waals surface area contributed by atoms with E-state index in [0.29, 0.717) is 16.2 Å². The van der Waals surface area contributed by atoms with E-state index in [2.05, 4.69) is 20.6 Å². The molecule has 1 atom stereocenters. The van der Waals surface area contributed by atoms with E-state index in [0.717, 1.165) is 22.3 Å². The van der Waals surface area contributed by atoms with Crippen molar-refractivity contribution >= 4 is 33.9 Å². The number of anilines is 3. The molecule has 1 N–H and O–H groups in total. The van der Waals surface area contributed by atoms with Crippen molar-refractivity contribution in [1.82, 2.24) is 20.0 Å². The van der Waals surface area contributed by atoms with Gasteiger partial charge in [0.1, 0.15) is 24.1 Å². The molecule has 0 fully saturated rings. The van der Waals surface area contributed by atoms with Crippen molar-refractivity contribution in [3.8, 4) is 11.3 Å². The van der Waals surface area contributed by atoms with Gasteiger partial charge >= 0.3 is 6.18 Å². The summed E-state index contributed by atoms with van der Waals surface area (Å²) in [7, 11) is 0. The van der Waals surface area contributed by atoms with Gasteiger partial charge in [-0.3, -0.25) is 9.78 Å². The minimum atomic E-state index is -4.67. The van der Waals surface area contributed by atoms with Gasteiger partial charge in [0.15, 0.2) is 0 Å². The predicted molar refractivity (Wildman–Crippen MR) is 143 cm³/mol. The van der Waals surface area contributed by atoms with Gasteiger partial charge in [0.25, 0.3) is 5.91 Å². The summed E-state index contributed by atoms with van der Waals surface area (Å²) in [5, 5.41) is 12.6. The molecule has 0 saturated carbocycles. The summed E-state index contributed by atoms with van der Waals surface area (Å²) in [6, 6.07) is 19.9. The van der Waals surface area contributed by atoms with Crippen molar-refractivity contribution < 1.29 is 22.4 Å². The van der Waals surface area contributed by atoms with Gasteiger partial charge in [0.2, 0.25) is 0 Å². The Bertz CT molecular complexity index is 1700. The second kappa shape index (κ2) is 10.1. The van der Waals surface area contributed by atoms with Crippen molar-refractivity contribution in [3.63, 3.8) is 0 Å². The molecular weight excluding hydrogens is 524 g/mol. The monoisotopic (exact) mass is 546 g/mol. The minimum Gasteiger partial charge on any atom is -0.356 e. The number of rotatable bonds is 5. The zero-order valence-electron chi connectivity index (χ0n) is 20.9. The number of nitrogens with one attached hydrogen (secondary N) is 1. The third-order valence-electron chi connectivity index (χ3n) is 6.84. The van der Waals surface area contributed by atoms with Crippen molar-refractivity contribution in [2.75, 3.05) is 16.8 Å². The summed E-state index contributed by atoms with van der Waals surface area (Å²) in [4.78, 5) is 18.3. The summed E-state index contributed by atoms with van der Waals surface area (Å²) >= 11 is 0. The maximum absolute atomic E-state index is 14.5. The lowest BCUT2D eigenvalue weighted by molar-refractivity contribution is -0.134. The lowest BCUT2D eigenvalue weighted by Gasteiger charge is -2.26. The molecule has 1 amide bonds. The first-order valence-corrected chi connectivity index (χ1v) is 12.5. The highest BCUT2D eigenvalue weighted by atomic mass is 19.4. The smallest absolute Gasteiger partial charge is 0.356 e. The number of alkyl halides is 3. The fourth-order valence-corrected chi connectivity index (χ4v) is 4.94. The van der Waals surface area contributed by atoms with Gasteiger partial charge in [-0.2, -0.15) is 13.2 Å². The molecule has 0 aliphatic carbocycles. The van der Waals surface area contributed by atoms with Crippen molar-refractivity contribution in [2.24, 2.45) is 0 Å². The van der Waals surface area contributed by atoms with E-state index in [1.165, 1.54) is 29.1 Å². The quantitative estimate of drug-likeness (QED) is 0.256. The first-order valence-electron chi connectivity index (χ1n) is 12.5. The SMILES string of the molecule is O=C1C(n2cc(-c3ccc(Nc4ccc5ncccc5c4)cc3)nn2)CCc2c(F)cccc2N1CC(F)(F)F. The number of hydrogen-bond donors (Lipinski definition) is 1. The van der Waals surface area contributed by atoms with Crippen LogP contribution in [0.25, 0.3) is 22.2 Å². The fraction of sp³-hybridized carbons (Fsp3) is 0.172. The number of hydrogen-bond acceptors (Lipinski definition) is 5. The van der Waals surface area contributed by atoms with Crippen LogP contribution in [0.2, 0.25) is 0 Å². The van der Waals surface area contributed by atoms with Crippen LogP contribution >= 0.6 is 0 Å². The van der Waals surface area contributed by atoms with Crippen molar-refractivity contribution in [1.29, 1.82) is 0 Å². The number of pyridine rings is 1.